The van der Waals surface area contributed by atoms with Gasteiger partial charge in [-0.25, -0.2) is 9.18 Å². The molecule has 8 nitrogen and oxygen atoms in total. The first-order chi connectivity index (χ1) is 13.3. The standard InChI is InChI=1S/C15H16FNO5.C2HF3O2/c1-22-11-3-2-10(16)4-9(11)5-17-7-14(12(18)19)6-15(14,8-17)13(20)21;3-2(4,5)1(6)7/h2-4H,5-8H2,1H3,(H,18,19)(H,20,21);(H,6,7)/t14-,15+;. The molecule has 1 aromatic rings. The van der Waals surface area contributed by atoms with E-state index in [1.54, 1.807) is 4.90 Å². The molecule has 0 amide bonds. The predicted octanol–water partition coefficient (Wildman–Crippen LogP) is 1.83. The van der Waals surface area contributed by atoms with Crippen molar-refractivity contribution in [1.82, 2.24) is 4.90 Å². The van der Waals surface area contributed by atoms with Gasteiger partial charge < -0.3 is 20.1 Å². The minimum Gasteiger partial charge on any atom is -0.496 e. The van der Waals surface area contributed by atoms with Gasteiger partial charge in [-0.2, -0.15) is 13.2 Å². The number of piperidine rings is 1. The quantitative estimate of drug-likeness (QED) is 0.613. The molecule has 1 aliphatic carbocycles. The molecule has 2 atom stereocenters. The van der Waals surface area contributed by atoms with E-state index in [0.717, 1.165) is 0 Å². The highest BCUT2D eigenvalue weighted by Crippen LogP contribution is 2.68. The highest BCUT2D eigenvalue weighted by atomic mass is 19.4. The summed E-state index contributed by atoms with van der Waals surface area (Å²) in [5.41, 5.74) is -1.87. The van der Waals surface area contributed by atoms with Crippen LogP contribution >= 0.6 is 0 Å². The summed E-state index contributed by atoms with van der Waals surface area (Å²) in [6, 6.07) is 4.10. The van der Waals surface area contributed by atoms with Gasteiger partial charge in [-0.15, -0.1) is 0 Å². The zero-order valence-electron chi connectivity index (χ0n) is 15.0. The topological polar surface area (TPSA) is 124 Å². The Morgan fingerprint density at radius 1 is 1.10 bits per heavy atom. The molecule has 2 fully saturated rings. The van der Waals surface area contributed by atoms with Gasteiger partial charge in [0.05, 0.1) is 17.9 Å². The third kappa shape index (κ3) is 4.11. The van der Waals surface area contributed by atoms with Crippen LogP contribution in [0.3, 0.4) is 0 Å². The molecule has 1 saturated carbocycles. The van der Waals surface area contributed by atoms with Crippen molar-refractivity contribution in [2.24, 2.45) is 10.8 Å². The lowest BCUT2D eigenvalue weighted by molar-refractivity contribution is -0.192. The molecule has 1 saturated heterocycles. The number of fused-ring (bicyclic) bond motifs is 1. The number of carboxylic acids is 3. The maximum Gasteiger partial charge on any atom is 0.490 e. The maximum atomic E-state index is 13.4. The van der Waals surface area contributed by atoms with E-state index in [2.05, 4.69) is 0 Å². The van der Waals surface area contributed by atoms with Gasteiger partial charge in [0.1, 0.15) is 11.6 Å². The summed E-state index contributed by atoms with van der Waals surface area (Å²) >= 11 is 0. The lowest BCUT2D eigenvalue weighted by atomic mass is 9.97. The molecule has 1 aliphatic heterocycles. The average molecular weight is 423 g/mol. The second-order valence-electron chi connectivity index (χ2n) is 6.86. The molecular formula is C17H17F4NO7. The van der Waals surface area contributed by atoms with E-state index in [1.165, 1.54) is 25.3 Å². The SMILES string of the molecule is COc1ccc(F)cc1CN1C[C@@]2(C(=O)O)C[C@@]2(C(=O)O)C1.O=C(O)C(F)(F)F. The number of hydrogen-bond donors (Lipinski definition) is 3. The van der Waals surface area contributed by atoms with Crippen molar-refractivity contribution in [3.05, 3.63) is 29.6 Å². The number of halogens is 4. The summed E-state index contributed by atoms with van der Waals surface area (Å²) in [4.78, 5) is 33.6. The molecular weight excluding hydrogens is 406 g/mol. The van der Waals surface area contributed by atoms with Crippen molar-refractivity contribution in [3.8, 4) is 5.75 Å². The van der Waals surface area contributed by atoms with Crippen LogP contribution in [0, 0.1) is 16.6 Å². The van der Waals surface area contributed by atoms with Gasteiger partial charge >= 0.3 is 24.1 Å². The molecule has 0 spiro atoms. The zero-order chi connectivity index (χ0) is 22.2. The van der Waals surface area contributed by atoms with E-state index in [1.807, 2.05) is 0 Å². The fourth-order valence-electron chi connectivity index (χ4n) is 3.62. The highest BCUT2D eigenvalue weighted by molar-refractivity contribution is 5.94. The zero-order valence-corrected chi connectivity index (χ0v) is 15.0. The van der Waals surface area contributed by atoms with Crippen LogP contribution in [0.15, 0.2) is 18.2 Å². The van der Waals surface area contributed by atoms with Crippen molar-refractivity contribution in [1.29, 1.82) is 0 Å². The molecule has 1 heterocycles. The Hall–Kier alpha value is -2.89. The van der Waals surface area contributed by atoms with E-state index in [-0.39, 0.29) is 26.1 Å². The number of aliphatic carboxylic acids is 3. The Morgan fingerprint density at radius 2 is 1.59 bits per heavy atom. The predicted molar refractivity (Wildman–Crippen MR) is 86.7 cm³/mol. The fraction of sp³-hybridized carbons (Fsp3) is 0.471. The number of methoxy groups -OCH3 is 1. The number of benzene rings is 1. The Bertz CT molecular complexity index is 816. The number of carboxylic acid groups (broad SMARTS) is 3. The van der Waals surface area contributed by atoms with Crippen molar-refractivity contribution in [2.75, 3.05) is 20.2 Å². The highest BCUT2D eigenvalue weighted by Gasteiger charge is 2.80. The van der Waals surface area contributed by atoms with Crippen LogP contribution in [-0.2, 0) is 20.9 Å². The van der Waals surface area contributed by atoms with Gasteiger partial charge in [-0.05, 0) is 24.6 Å². The van der Waals surface area contributed by atoms with Crippen molar-refractivity contribution in [3.63, 3.8) is 0 Å². The first kappa shape index (κ1) is 22.4. The van der Waals surface area contributed by atoms with E-state index in [9.17, 15) is 37.4 Å². The third-order valence-electron chi connectivity index (χ3n) is 5.08. The Morgan fingerprint density at radius 3 is 1.97 bits per heavy atom. The van der Waals surface area contributed by atoms with Crippen molar-refractivity contribution >= 4 is 17.9 Å². The number of hydrogen-bond acceptors (Lipinski definition) is 5. The normalized spacial score (nSPS) is 25.4. The Kier molecular flexibility index (Phi) is 5.79. The maximum absolute atomic E-state index is 13.4. The van der Waals surface area contributed by atoms with Crippen molar-refractivity contribution < 1.29 is 52.0 Å². The minimum absolute atomic E-state index is 0.147. The first-order valence-electron chi connectivity index (χ1n) is 8.11. The van der Waals surface area contributed by atoms with Gasteiger partial charge in [0, 0.05) is 25.2 Å². The molecule has 0 unspecified atom stereocenters. The van der Waals surface area contributed by atoms with Gasteiger partial charge in [0.2, 0.25) is 0 Å². The lowest BCUT2D eigenvalue weighted by Gasteiger charge is -2.20. The molecule has 0 radical (unpaired) electrons. The molecule has 3 N–H and O–H groups in total. The summed E-state index contributed by atoms with van der Waals surface area (Å²) in [5, 5.41) is 25.9. The number of alkyl halides is 3. The summed E-state index contributed by atoms with van der Waals surface area (Å²) in [5.74, 6) is -4.84. The van der Waals surface area contributed by atoms with Gasteiger partial charge in [-0.1, -0.05) is 0 Å². The summed E-state index contributed by atoms with van der Waals surface area (Å²) in [6.07, 6.45) is -4.93. The van der Waals surface area contributed by atoms with Crippen LogP contribution in [0.4, 0.5) is 17.6 Å². The van der Waals surface area contributed by atoms with Crippen LogP contribution in [0.1, 0.15) is 12.0 Å². The number of rotatable bonds is 5. The van der Waals surface area contributed by atoms with Crippen LogP contribution in [0.2, 0.25) is 0 Å². The van der Waals surface area contributed by atoms with Crippen molar-refractivity contribution in [2.45, 2.75) is 19.1 Å². The smallest absolute Gasteiger partial charge is 0.490 e. The second-order valence-corrected chi connectivity index (χ2v) is 6.86. The van der Waals surface area contributed by atoms with Crippen LogP contribution < -0.4 is 4.74 Å². The Labute approximate surface area is 161 Å². The van der Waals surface area contributed by atoms with Crippen LogP contribution in [-0.4, -0.2) is 64.5 Å². The fourth-order valence-corrected chi connectivity index (χ4v) is 3.62. The number of likely N-dealkylation sites (tertiary alicyclic amines) is 1. The van der Waals surface area contributed by atoms with Gasteiger partial charge in [-0.3, -0.25) is 14.5 Å². The summed E-state index contributed by atoms with van der Waals surface area (Å²) in [6.45, 7) is 0.549. The third-order valence-corrected chi connectivity index (χ3v) is 5.08. The number of carbonyl (C=O) groups is 3. The van der Waals surface area contributed by atoms with E-state index < -0.39 is 40.7 Å². The largest absolute Gasteiger partial charge is 0.496 e. The number of ether oxygens (including phenoxy) is 1. The second kappa shape index (κ2) is 7.50. The molecule has 3 rings (SSSR count). The molecule has 0 aromatic heterocycles. The molecule has 0 bridgehead atoms. The molecule has 29 heavy (non-hydrogen) atoms. The summed E-state index contributed by atoms with van der Waals surface area (Å²) in [7, 11) is 1.47. The molecule has 2 aliphatic rings. The number of nitrogens with zero attached hydrogens (tertiary/aromatic N) is 1. The van der Waals surface area contributed by atoms with E-state index in [0.29, 0.717) is 11.3 Å². The van der Waals surface area contributed by atoms with Gasteiger partial charge in [0.15, 0.2) is 0 Å². The molecule has 12 heteroatoms. The van der Waals surface area contributed by atoms with E-state index in [4.69, 9.17) is 14.6 Å². The minimum atomic E-state index is -5.08. The lowest BCUT2D eigenvalue weighted by Crippen LogP contribution is -2.28. The average Bonchev–Trinajstić information content (AvgIpc) is 3.14. The molecule has 1 aromatic carbocycles. The van der Waals surface area contributed by atoms with Crippen LogP contribution in [0.25, 0.3) is 0 Å². The monoisotopic (exact) mass is 423 g/mol. The first-order valence-corrected chi connectivity index (χ1v) is 8.11. The Balaban J connectivity index is 0.000000370. The van der Waals surface area contributed by atoms with E-state index >= 15 is 0 Å². The summed E-state index contributed by atoms with van der Waals surface area (Å²) < 4.78 is 50.3. The molecule has 160 valence electrons. The van der Waals surface area contributed by atoms with Crippen LogP contribution in [0.5, 0.6) is 5.75 Å². The van der Waals surface area contributed by atoms with Gasteiger partial charge in [0.25, 0.3) is 0 Å².